The number of aromatic nitrogens is 6. The van der Waals surface area contributed by atoms with Crippen molar-refractivity contribution in [2.24, 2.45) is 0 Å². The predicted molar refractivity (Wildman–Crippen MR) is 97.5 cm³/mol. The van der Waals surface area contributed by atoms with Gasteiger partial charge in [0.25, 0.3) is 0 Å². The Bertz CT molecular complexity index is 1040. The molecule has 1 aliphatic carbocycles. The first-order valence-corrected chi connectivity index (χ1v) is 9.63. The third-order valence-corrected chi connectivity index (χ3v) is 5.98. The minimum Gasteiger partial charge on any atom is -0.274 e. The second kappa shape index (κ2) is 6.28. The molecule has 26 heavy (non-hydrogen) atoms. The minimum absolute atomic E-state index is 0.263. The third kappa shape index (κ3) is 2.70. The molecule has 3 aromatic heterocycles. The van der Waals surface area contributed by atoms with Gasteiger partial charge in [-0.05, 0) is 43.2 Å². The van der Waals surface area contributed by atoms with Gasteiger partial charge in [-0.3, -0.25) is 5.10 Å². The highest BCUT2D eigenvalue weighted by Gasteiger charge is 2.22. The monoisotopic (exact) mass is 368 g/mol. The first-order valence-electron chi connectivity index (χ1n) is 8.82. The lowest BCUT2D eigenvalue weighted by atomic mass is 9.90. The van der Waals surface area contributed by atoms with E-state index in [1.54, 1.807) is 28.0 Å². The molecule has 0 atom stereocenters. The van der Waals surface area contributed by atoms with Gasteiger partial charge in [-0.2, -0.15) is 14.7 Å². The van der Waals surface area contributed by atoms with Crippen molar-refractivity contribution in [2.75, 3.05) is 0 Å². The van der Waals surface area contributed by atoms with Crippen molar-refractivity contribution < 1.29 is 4.39 Å². The van der Waals surface area contributed by atoms with Gasteiger partial charge in [0.05, 0.1) is 5.69 Å². The molecule has 1 aromatic carbocycles. The average molecular weight is 368 g/mol. The van der Waals surface area contributed by atoms with Gasteiger partial charge in [-0.1, -0.05) is 30.6 Å². The fraction of sp³-hybridized carbons (Fsp3) is 0.333. The number of rotatable bonds is 3. The maximum Gasteiger partial charge on any atom is 0.235 e. The Hall–Kier alpha value is -2.61. The summed E-state index contributed by atoms with van der Waals surface area (Å²) in [4.78, 5) is 0.804. The number of halogens is 1. The minimum atomic E-state index is -0.263. The zero-order chi connectivity index (χ0) is 17.5. The molecule has 3 heterocycles. The summed E-state index contributed by atoms with van der Waals surface area (Å²) < 4.78 is 14.9. The summed E-state index contributed by atoms with van der Waals surface area (Å²) in [5.74, 6) is 0.931. The van der Waals surface area contributed by atoms with Gasteiger partial charge in [0.15, 0.2) is 0 Å². The first kappa shape index (κ1) is 15.6. The maximum atomic E-state index is 13.1. The normalized spacial score (nSPS) is 15.7. The number of hydrogen-bond acceptors (Lipinski definition) is 5. The molecule has 5 rings (SSSR count). The van der Waals surface area contributed by atoms with Crippen LogP contribution in [0.2, 0.25) is 0 Å². The SMILES string of the molecule is Fc1ccc(-c2cc(-c3nnc4sc(C5CCCCC5)nn34)[nH]n2)cc1. The van der Waals surface area contributed by atoms with E-state index >= 15 is 0 Å². The molecule has 1 fully saturated rings. The molecule has 1 saturated carbocycles. The smallest absolute Gasteiger partial charge is 0.235 e. The molecule has 1 N–H and O–H groups in total. The molecule has 4 aromatic rings. The Labute approximate surface area is 153 Å². The fourth-order valence-electron chi connectivity index (χ4n) is 3.52. The van der Waals surface area contributed by atoms with E-state index in [2.05, 4.69) is 20.4 Å². The lowest BCUT2D eigenvalue weighted by Gasteiger charge is -2.18. The summed E-state index contributed by atoms with van der Waals surface area (Å²) in [6.07, 6.45) is 6.29. The lowest BCUT2D eigenvalue weighted by Crippen LogP contribution is -2.05. The van der Waals surface area contributed by atoms with Crippen LogP contribution in [0, 0.1) is 5.82 Å². The Balaban J connectivity index is 1.49. The lowest BCUT2D eigenvalue weighted by molar-refractivity contribution is 0.440. The van der Waals surface area contributed by atoms with Crippen molar-refractivity contribution in [1.82, 2.24) is 30.0 Å². The molecule has 0 unspecified atom stereocenters. The van der Waals surface area contributed by atoms with Gasteiger partial charge >= 0.3 is 0 Å². The van der Waals surface area contributed by atoms with Crippen LogP contribution in [0.1, 0.15) is 43.0 Å². The number of fused-ring (bicyclic) bond motifs is 1. The Morgan fingerprint density at radius 2 is 1.88 bits per heavy atom. The Morgan fingerprint density at radius 3 is 2.69 bits per heavy atom. The second-order valence-corrected chi connectivity index (χ2v) is 7.65. The summed E-state index contributed by atoms with van der Waals surface area (Å²) in [6.45, 7) is 0. The molecular weight excluding hydrogens is 351 g/mol. The van der Waals surface area contributed by atoms with Gasteiger partial charge in [-0.25, -0.2) is 4.39 Å². The van der Waals surface area contributed by atoms with E-state index < -0.39 is 0 Å². The van der Waals surface area contributed by atoms with Crippen molar-refractivity contribution in [2.45, 2.75) is 38.0 Å². The van der Waals surface area contributed by atoms with E-state index in [1.807, 2.05) is 6.07 Å². The van der Waals surface area contributed by atoms with Gasteiger partial charge < -0.3 is 0 Å². The van der Waals surface area contributed by atoms with Crippen molar-refractivity contribution in [3.05, 3.63) is 41.2 Å². The van der Waals surface area contributed by atoms with Crippen LogP contribution >= 0.6 is 11.3 Å². The summed E-state index contributed by atoms with van der Waals surface area (Å²) >= 11 is 1.63. The molecule has 132 valence electrons. The zero-order valence-corrected chi connectivity index (χ0v) is 14.8. The highest BCUT2D eigenvalue weighted by molar-refractivity contribution is 7.16. The second-order valence-electron chi connectivity index (χ2n) is 6.67. The van der Waals surface area contributed by atoms with E-state index in [-0.39, 0.29) is 5.82 Å². The molecule has 1 aliphatic rings. The average Bonchev–Trinajstić information content (AvgIpc) is 3.38. The van der Waals surface area contributed by atoms with Crippen molar-refractivity contribution in [1.29, 1.82) is 0 Å². The van der Waals surface area contributed by atoms with Gasteiger partial charge in [0, 0.05) is 11.5 Å². The van der Waals surface area contributed by atoms with E-state index in [0.29, 0.717) is 11.7 Å². The van der Waals surface area contributed by atoms with E-state index in [1.165, 1.54) is 44.2 Å². The molecule has 0 spiro atoms. The number of benzene rings is 1. The number of hydrogen-bond donors (Lipinski definition) is 1. The Kier molecular flexibility index (Phi) is 3.77. The van der Waals surface area contributed by atoms with Crippen LogP contribution in [0.5, 0.6) is 0 Å². The van der Waals surface area contributed by atoms with E-state index in [9.17, 15) is 4.39 Å². The standard InChI is InChI=1S/C18H17FN6S/c19-13-8-6-11(7-9-13)14-10-15(21-20-14)16-22-23-18-25(16)24-17(26-18)12-4-2-1-3-5-12/h6-10,12H,1-5H2,(H,20,21). The van der Waals surface area contributed by atoms with E-state index in [0.717, 1.165) is 26.9 Å². The molecule has 0 bridgehead atoms. The number of aromatic amines is 1. The van der Waals surface area contributed by atoms with Crippen LogP contribution in [0.3, 0.4) is 0 Å². The topological polar surface area (TPSA) is 71.8 Å². The molecule has 0 aliphatic heterocycles. The number of nitrogens with zero attached hydrogens (tertiary/aromatic N) is 5. The summed E-state index contributed by atoms with van der Waals surface area (Å²) in [5.41, 5.74) is 2.33. The quantitative estimate of drug-likeness (QED) is 0.581. The zero-order valence-electron chi connectivity index (χ0n) is 14.0. The summed E-state index contributed by atoms with van der Waals surface area (Å²) in [5, 5.41) is 21.8. The van der Waals surface area contributed by atoms with Crippen LogP contribution in [0.4, 0.5) is 4.39 Å². The van der Waals surface area contributed by atoms with Crippen molar-refractivity contribution in [3.8, 4) is 22.8 Å². The first-order chi connectivity index (χ1) is 12.8. The maximum absolute atomic E-state index is 13.1. The molecule has 8 heteroatoms. The van der Waals surface area contributed by atoms with Gasteiger partial charge in [0.1, 0.15) is 16.5 Å². The largest absolute Gasteiger partial charge is 0.274 e. The van der Waals surface area contributed by atoms with Gasteiger partial charge in [0.2, 0.25) is 10.8 Å². The highest BCUT2D eigenvalue weighted by Crippen LogP contribution is 2.35. The van der Waals surface area contributed by atoms with Crippen molar-refractivity contribution >= 4 is 16.3 Å². The number of H-pyrrole nitrogens is 1. The van der Waals surface area contributed by atoms with Crippen LogP contribution in [0.15, 0.2) is 30.3 Å². The van der Waals surface area contributed by atoms with Crippen LogP contribution in [-0.4, -0.2) is 30.0 Å². The van der Waals surface area contributed by atoms with Crippen molar-refractivity contribution in [3.63, 3.8) is 0 Å². The molecule has 0 saturated heterocycles. The summed E-state index contributed by atoms with van der Waals surface area (Å²) in [6, 6.07) is 8.16. The highest BCUT2D eigenvalue weighted by atomic mass is 32.1. The summed E-state index contributed by atoms with van der Waals surface area (Å²) in [7, 11) is 0. The third-order valence-electron chi connectivity index (χ3n) is 4.92. The number of nitrogens with one attached hydrogen (secondary N) is 1. The molecule has 0 amide bonds. The Morgan fingerprint density at radius 1 is 1.08 bits per heavy atom. The van der Waals surface area contributed by atoms with Crippen LogP contribution < -0.4 is 0 Å². The fourth-order valence-corrected chi connectivity index (χ4v) is 4.53. The molecular formula is C18H17FN6S. The van der Waals surface area contributed by atoms with Crippen LogP contribution in [-0.2, 0) is 0 Å². The predicted octanol–water partition coefficient (Wildman–Crippen LogP) is 4.43. The molecule has 6 nitrogen and oxygen atoms in total. The molecule has 0 radical (unpaired) electrons. The van der Waals surface area contributed by atoms with Gasteiger partial charge in [-0.15, -0.1) is 10.2 Å². The van der Waals surface area contributed by atoms with Crippen LogP contribution in [0.25, 0.3) is 27.7 Å². The van der Waals surface area contributed by atoms with E-state index in [4.69, 9.17) is 5.10 Å².